The predicted molar refractivity (Wildman–Crippen MR) is 116 cm³/mol. The summed E-state index contributed by atoms with van der Waals surface area (Å²) in [4.78, 5) is 33.2. The van der Waals surface area contributed by atoms with Gasteiger partial charge in [-0.25, -0.2) is 8.96 Å². The standard InChI is InChI=1S/C19H21Cl2FN3O6P/c20-17(21)18(26)25-14(7-22)16(31-32(27,28)29)12-3-1-11(2-4-12)13-5-6-15(24-8-13)19(23)9-30-10-19/h1-6,8,14,16-17H,7,9-10,23H2,(H,25,26)(H2,27,28,29)/t14-,16-/m1/s1. The van der Waals surface area contributed by atoms with E-state index in [-0.39, 0.29) is 5.56 Å². The summed E-state index contributed by atoms with van der Waals surface area (Å²) in [6.07, 6.45) is 0.147. The van der Waals surface area contributed by atoms with Crippen LogP contribution in [0.1, 0.15) is 17.4 Å². The van der Waals surface area contributed by atoms with E-state index in [2.05, 4.69) is 10.3 Å². The Hall–Kier alpha value is -1.62. The number of benzene rings is 1. The van der Waals surface area contributed by atoms with Crippen LogP contribution in [0.5, 0.6) is 0 Å². The maximum absolute atomic E-state index is 13.6. The predicted octanol–water partition coefficient (Wildman–Crippen LogP) is 2.34. The van der Waals surface area contributed by atoms with Gasteiger partial charge >= 0.3 is 7.82 Å². The Bertz CT molecular complexity index is 986. The highest BCUT2D eigenvalue weighted by molar-refractivity contribution is 7.46. The number of carbonyl (C=O) groups is 1. The molecule has 174 valence electrons. The lowest BCUT2D eigenvalue weighted by Gasteiger charge is -2.37. The van der Waals surface area contributed by atoms with Crippen LogP contribution in [0.4, 0.5) is 4.39 Å². The number of alkyl halides is 3. The summed E-state index contributed by atoms with van der Waals surface area (Å²) in [6, 6.07) is 8.50. The molecule has 1 saturated heterocycles. The molecule has 13 heteroatoms. The molecule has 0 saturated carbocycles. The van der Waals surface area contributed by atoms with E-state index in [1.54, 1.807) is 24.4 Å². The Kier molecular flexibility index (Phi) is 7.90. The SMILES string of the molecule is NC1(c2ccc(-c3ccc([C@@H](OP(=O)(O)O)[C@@H](CF)NC(=O)C(Cl)Cl)cc3)cn2)COC1. The normalized spacial score (nSPS) is 17.5. The van der Waals surface area contributed by atoms with Crippen LogP contribution in [-0.4, -0.2) is 51.4 Å². The lowest BCUT2D eigenvalue weighted by atomic mass is 9.93. The summed E-state index contributed by atoms with van der Waals surface area (Å²) in [5.41, 5.74) is 8.00. The van der Waals surface area contributed by atoms with Gasteiger partial charge in [-0.1, -0.05) is 53.5 Å². The molecule has 0 spiro atoms. The van der Waals surface area contributed by atoms with Crippen molar-refractivity contribution in [1.82, 2.24) is 10.3 Å². The number of rotatable bonds is 9. The highest BCUT2D eigenvalue weighted by Gasteiger charge is 2.37. The van der Waals surface area contributed by atoms with Crippen LogP contribution in [0, 0.1) is 0 Å². The number of amides is 1. The Balaban J connectivity index is 1.83. The fourth-order valence-electron chi connectivity index (χ4n) is 3.15. The summed E-state index contributed by atoms with van der Waals surface area (Å²) in [5, 5.41) is 2.19. The van der Waals surface area contributed by atoms with E-state index < -0.39 is 42.9 Å². The molecule has 1 aliphatic rings. The zero-order chi connectivity index (χ0) is 23.5. The van der Waals surface area contributed by atoms with Crippen molar-refractivity contribution in [2.45, 2.75) is 22.5 Å². The van der Waals surface area contributed by atoms with E-state index >= 15 is 0 Å². The molecule has 5 N–H and O–H groups in total. The summed E-state index contributed by atoms with van der Waals surface area (Å²) in [7, 11) is -5.03. The summed E-state index contributed by atoms with van der Waals surface area (Å²) >= 11 is 10.9. The molecule has 0 unspecified atom stereocenters. The molecule has 1 aromatic heterocycles. The number of carbonyl (C=O) groups excluding carboxylic acids is 1. The van der Waals surface area contributed by atoms with Gasteiger partial charge in [0.25, 0.3) is 5.91 Å². The zero-order valence-electron chi connectivity index (χ0n) is 16.5. The third kappa shape index (κ3) is 6.03. The first kappa shape index (κ1) is 25.0. The van der Waals surface area contributed by atoms with Crippen LogP contribution in [0.15, 0.2) is 42.6 Å². The maximum atomic E-state index is 13.6. The minimum atomic E-state index is -5.03. The zero-order valence-corrected chi connectivity index (χ0v) is 18.9. The number of nitrogens with two attached hydrogens (primary N) is 1. The van der Waals surface area contributed by atoms with Crippen molar-refractivity contribution in [2.24, 2.45) is 5.73 Å². The lowest BCUT2D eigenvalue weighted by molar-refractivity contribution is -0.121. The number of halogens is 3. The van der Waals surface area contributed by atoms with Crippen molar-refractivity contribution in [1.29, 1.82) is 0 Å². The quantitative estimate of drug-likeness (QED) is 0.299. The van der Waals surface area contributed by atoms with Gasteiger partial charge in [0.1, 0.15) is 18.3 Å². The number of pyridine rings is 1. The van der Waals surface area contributed by atoms with Gasteiger partial charge in [-0.15, -0.1) is 0 Å². The number of hydrogen-bond acceptors (Lipinski definition) is 6. The Labute approximate surface area is 193 Å². The second-order valence-corrected chi connectivity index (χ2v) is 9.58. The van der Waals surface area contributed by atoms with Crippen molar-refractivity contribution in [3.63, 3.8) is 0 Å². The third-order valence-electron chi connectivity index (χ3n) is 4.87. The van der Waals surface area contributed by atoms with Gasteiger partial charge in [-0.05, 0) is 17.2 Å². The van der Waals surface area contributed by atoms with Crippen LogP contribution in [0.25, 0.3) is 11.1 Å². The second-order valence-electron chi connectivity index (χ2n) is 7.29. The molecule has 1 amide bonds. The highest BCUT2D eigenvalue weighted by Crippen LogP contribution is 2.44. The van der Waals surface area contributed by atoms with Crippen molar-refractivity contribution in [2.75, 3.05) is 19.9 Å². The second kappa shape index (κ2) is 10.1. The number of nitrogens with zero attached hydrogens (tertiary/aromatic N) is 1. The fourth-order valence-corrected chi connectivity index (χ4v) is 3.84. The average Bonchev–Trinajstić information content (AvgIpc) is 2.73. The first-order valence-corrected chi connectivity index (χ1v) is 11.7. The molecular weight excluding hydrogens is 487 g/mol. The number of hydrogen-bond donors (Lipinski definition) is 4. The molecule has 2 atom stereocenters. The van der Waals surface area contributed by atoms with Crippen LogP contribution >= 0.6 is 31.0 Å². The smallest absolute Gasteiger partial charge is 0.377 e. The molecule has 2 heterocycles. The van der Waals surface area contributed by atoms with Crippen LogP contribution in [-0.2, 0) is 24.2 Å². The van der Waals surface area contributed by atoms with Crippen LogP contribution in [0.3, 0.4) is 0 Å². The summed E-state index contributed by atoms with van der Waals surface area (Å²) < 4.78 is 35.0. The molecule has 0 radical (unpaired) electrons. The molecule has 3 rings (SSSR count). The lowest BCUT2D eigenvalue weighted by Crippen LogP contribution is -2.54. The van der Waals surface area contributed by atoms with Gasteiger partial charge in [0.2, 0.25) is 0 Å². The van der Waals surface area contributed by atoms with Gasteiger partial charge in [0, 0.05) is 11.8 Å². The monoisotopic (exact) mass is 507 g/mol. The minimum Gasteiger partial charge on any atom is -0.377 e. The molecule has 32 heavy (non-hydrogen) atoms. The number of ether oxygens (including phenoxy) is 1. The third-order valence-corrected chi connectivity index (χ3v) is 5.77. The van der Waals surface area contributed by atoms with E-state index in [4.69, 9.17) is 38.2 Å². The topological polar surface area (TPSA) is 144 Å². The van der Waals surface area contributed by atoms with Crippen LogP contribution < -0.4 is 11.1 Å². The molecule has 9 nitrogen and oxygen atoms in total. The van der Waals surface area contributed by atoms with Crippen molar-refractivity contribution in [3.05, 3.63) is 53.9 Å². The van der Waals surface area contributed by atoms with E-state index in [0.717, 1.165) is 11.1 Å². The Morgan fingerprint density at radius 1 is 1.25 bits per heavy atom. The molecule has 1 aromatic carbocycles. The van der Waals surface area contributed by atoms with Crippen LogP contribution in [0.2, 0.25) is 0 Å². The largest absolute Gasteiger partial charge is 0.470 e. The number of nitrogens with one attached hydrogen (secondary N) is 1. The molecule has 2 aromatic rings. The van der Waals surface area contributed by atoms with Gasteiger partial charge in [-0.3, -0.25) is 14.3 Å². The molecule has 1 aliphatic heterocycles. The van der Waals surface area contributed by atoms with E-state index in [0.29, 0.717) is 18.9 Å². The molecular formula is C19H21Cl2FN3O6P. The van der Waals surface area contributed by atoms with Gasteiger partial charge < -0.3 is 25.6 Å². The van der Waals surface area contributed by atoms with Crippen molar-refractivity contribution in [3.8, 4) is 11.1 Å². The van der Waals surface area contributed by atoms with Crippen molar-refractivity contribution < 1.29 is 32.8 Å². The summed E-state index contributed by atoms with van der Waals surface area (Å²) in [5.74, 6) is -0.924. The average molecular weight is 508 g/mol. The van der Waals surface area contributed by atoms with E-state index in [1.165, 1.54) is 12.1 Å². The number of phosphoric ester groups is 1. The van der Waals surface area contributed by atoms with Gasteiger partial charge in [-0.2, -0.15) is 0 Å². The van der Waals surface area contributed by atoms with Gasteiger partial charge in [0.05, 0.1) is 24.9 Å². The van der Waals surface area contributed by atoms with Gasteiger partial charge in [0.15, 0.2) is 4.84 Å². The van der Waals surface area contributed by atoms with E-state index in [1.807, 2.05) is 6.07 Å². The molecule has 1 fully saturated rings. The first-order chi connectivity index (χ1) is 15.0. The summed E-state index contributed by atoms with van der Waals surface area (Å²) in [6.45, 7) is -0.389. The maximum Gasteiger partial charge on any atom is 0.470 e. The van der Waals surface area contributed by atoms with Crippen molar-refractivity contribution >= 4 is 36.9 Å². The fraction of sp³-hybridized carbons (Fsp3) is 0.368. The molecule has 0 aliphatic carbocycles. The highest BCUT2D eigenvalue weighted by atomic mass is 35.5. The first-order valence-electron chi connectivity index (χ1n) is 9.34. The minimum absolute atomic E-state index is 0.220. The molecule has 0 bridgehead atoms. The Morgan fingerprint density at radius 3 is 2.31 bits per heavy atom. The van der Waals surface area contributed by atoms with E-state index in [9.17, 15) is 23.5 Å². The number of phosphoric acid groups is 1. The Morgan fingerprint density at radius 2 is 1.88 bits per heavy atom. The number of aromatic nitrogens is 1.